The molecule has 3 aliphatic carbocycles. The van der Waals surface area contributed by atoms with Crippen molar-refractivity contribution >= 4 is 29.3 Å². The lowest BCUT2D eigenvalue weighted by molar-refractivity contribution is -0.185. The summed E-state index contributed by atoms with van der Waals surface area (Å²) in [4.78, 5) is 57.9. The fourth-order valence-electron chi connectivity index (χ4n) is 9.44. The molecule has 3 aliphatic heterocycles. The van der Waals surface area contributed by atoms with E-state index in [0.717, 1.165) is 0 Å². The number of hydrogen-bond acceptors (Lipinski definition) is 5. The molecule has 47 heavy (non-hydrogen) atoms. The van der Waals surface area contributed by atoms with Gasteiger partial charge in [0.2, 0.25) is 17.7 Å². The third-order valence-electron chi connectivity index (χ3n) is 11.7. The Labute approximate surface area is 268 Å². The maximum Gasteiger partial charge on any atom is 0.258 e. The maximum atomic E-state index is 15.3. The van der Waals surface area contributed by atoms with Crippen LogP contribution in [-0.4, -0.2) is 82.4 Å². The summed E-state index contributed by atoms with van der Waals surface area (Å²) in [5.74, 6) is -8.80. The molecule has 3 heterocycles. The van der Waals surface area contributed by atoms with Crippen LogP contribution in [0.4, 0.5) is 27.6 Å². The molecule has 9 unspecified atom stereocenters. The molecule has 9 atom stereocenters. The summed E-state index contributed by atoms with van der Waals surface area (Å²) in [6.45, 7) is 4.61. The van der Waals surface area contributed by atoms with Crippen LogP contribution in [0, 0.1) is 46.2 Å². The van der Waals surface area contributed by atoms with Crippen molar-refractivity contribution in [3.63, 3.8) is 0 Å². The quantitative estimate of drug-likeness (QED) is 0.478. The van der Waals surface area contributed by atoms with Gasteiger partial charge in [0.25, 0.3) is 11.8 Å². The Kier molecular flexibility index (Phi) is 6.85. The number of anilines is 1. The highest BCUT2D eigenvalue weighted by Gasteiger charge is 2.66. The van der Waals surface area contributed by atoms with Crippen LogP contribution < -0.4 is 10.6 Å². The van der Waals surface area contributed by atoms with Gasteiger partial charge < -0.3 is 20.4 Å². The van der Waals surface area contributed by atoms with Gasteiger partial charge in [-0.15, -0.1) is 0 Å². The lowest BCUT2D eigenvalue weighted by Gasteiger charge is -2.42. The number of likely N-dealkylation sites (tertiary alicyclic amines) is 2. The van der Waals surface area contributed by atoms with Crippen molar-refractivity contribution in [1.82, 2.24) is 15.1 Å². The molecular weight excluding hydrogens is 625 g/mol. The number of nitrogens with one attached hydrogen (secondary N) is 2. The Balaban J connectivity index is 1.22. The second-order valence-corrected chi connectivity index (χ2v) is 15.5. The third-order valence-corrected chi connectivity index (χ3v) is 11.7. The topological polar surface area (TPSA) is 123 Å². The Morgan fingerprint density at radius 3 is 2.45 bits per heavy atom. The number of amides is 4. The van der Waals surface area contributed by atoms with Crippen molar-refractivity contribution in [1.29, 1.82) is 5.26 Å². The predicted octanol–water partition coefficient (Wildman–Crippen LogP) is 3.63. The fraction of sp³-hybridized carbons (Fsp3) is 0.667. The molecule has 0 radical (unpaired) electrons. The number of halogens is 5. The molecule has 1 aromatic rings. The zero-order valence-corrected chi connectivity index (χ0v) is 26.2. The minimum Gasteiger partial charge on any atom is -0.341 e. The molecule has 2 saturated heterocycles. The van der Waals surface area contributed by atoms with Crippen LogP contribution in [0.5, 0.6) is 0 Å². The number of fused-ring (bicyclic) bond motifs is 7. The summed E-state index contributed by atoms with van der Waals surface area (Å²) in [6, 6.07) is 2.48. The van der Waals surface area contributed by atoms with Crippen molar-refractivity contribution in [3.8, 4) is 6.07 Å². The second kappa shape index (κ2) is 10.1. The van der Waals surface area contributed by atoms with E-state index in [9.17, 15) is 37.6 Å². The molecule has 9 nitrogen and oxygen atoms in total. The van der Waals surface area contributed by atoms with Crippen LogP contribution in [0.3, 0.4) is 0 Å². The van der Waals surface area contributed by atoms with Gasteiger partial charge in [0.1, 0.15) is 30.1 Å². The van der Waals surface area contributed by atoms with Gasteiger partial charge in [0, 0.05) is 19.5 Å². The fourth-order valence-corrected chi connectivity index (χ4v) is 9.44. The van der Waals surface area contributed by atoms with Crippen molar-refractivity contribution in [2.75, 3.05) is 18.4 Å². The summed E-state index contributed by atoms with van der Waals surface area (Å²) < 4.78 is 72.2. The molecule has 6 aliphatic rings. The van der Waals surface area contributed by atoms with Crippen LogP contribution in [0.1, 0.15) is 58.4 Å². The first-order valence-corrected chi connectivity index (χ1v) is 16.0. The highest BCUT2D eigenvalue weighted by Crippen LogP contribution is 2.59. The smallest absolute Gasteiger partial charge is 0.258 e. The number of rotatable bonds is 4. The molecular formula is C33H36F5N5O4. The predicted molar refractivity (Wildman–Crippen MR) is 155 cm³/mol. The van der Waals surface area contributed by atoms with E-state index < -0.39 is 101 Å². The normalized spacial score (nSPS) is 36.4. The highest BCUT2D eigenvalue weighted by atomic mass is 19.3. The van der Waals surface area contributed by atoms with Gasteiger partial charge in [-0.25, -0.2) is 22.0 Å². The largest absolute Gasteiger partial charge is 0.341 e. The number of carbonyl (C=O) groups excluding carboxylic acids is 4. The van der Waals surface area contributed by atoms with E-state index in [1.54, 1.807) is 26.8 Å². The average Bonchev–Trinajstić information content (AvgIpc) is 3.77. The Hall–Kier alpha value is -3.76. The third kappa shape index (κ3) is 4.58. The zero-order chi connectivity index (χ0) is 34.0. The van der Waals surface area contributed by atoms with E-state index in [1.165, 1.54) is 21.9 Å². The molecule has 252 valence electrons. The molecule has 0 aromatic heterocycles. The number of para-hydroxylation sites is 1. The molecule has 3 saturated carbocycles. The molecule has 1 aromatic carbocycles. The summed E-state index contributed by atoms with van der Waals surface area (Å²) in [5.41, 5.74) is -5.03. The SMILES string of the molecule is CC(C)(C)C(NC(=O)C1(F)CC(F)(F)C1)C(=O)N1CC2C3CC(F)C(C3)C2C1C(=O)N1CC2(CC1C#N)C(=O)Nc1c(F)cccc12. The first-order chi connectivity index (χ1) is 21.9. The first-order valence-electron chi connectivity index (χ1n) is 16.0. The zero-order valence-electron chi connectivity index (χ0n) is 26.2. The Morgan fingerprint density at radius 2 is 1.81 bits per heavy atom. The molecule has 5 fully saturated rings. The van der Waals surface area contributed by atoms with Crippen molar-refractivity contribution in [2.45, 2.75) is 94.2 Å². The molecule has 2 bridgehead atoms. The standard InChI is InChI=1S/C33H36F5N5O4/c1-30(2,3)25(41-29(47)32(36)12-33(37,38)13-32)27(45)42-11-18-15-7-17(21(35)8-15)22(18)24(42)26(44)43-14-31(9-16(43)10-39)19-5-4-6-20(34)23(19)40-28(31)46/h4-6,15-18,21-22,24-25H,7-9,11-14H2,1-3H3,(H,40,46)(H,41,47). The Morgan fingerprint density at radius 1 is 1.11 bits per heavy atom. The molecule has 2 N–H and O–H groups in total. The lowest BCUT2D eigenvalue weighted by atomic mass is 9.76. The summed E-state index contributed by atoms with van der Waals surface area (Å²) in [7, 11) is 0. The van der Waals surface area contributed by atoms with E-state index in [2.05, 4.69) is 16.7 Å². The van der Waals surface area contributed by atoms with Crippen molar-refractivity contribution in [2.24, 2.45) is 29.1 Å². The second-order valence-electron chi connectivity index (χ2n) is 15.5. The molecule has 1 spiro atoms. The molecule has 7 rings (SSSR count). The van der Waals surface area contributed by atoms with Gasteiger partial charge in [0.05, 0.1) is 30.0 Å². The van der Waals surface area contributed by atoms with Gasteiger partial charge >= 0.3 is 0 Å². The van der Waals surface area contributed by atoms with Gasteiger partial charge in [-0.05, 0) is 53.6 Å². The van der Waals surface area contributed by atoms with Crippen molar-refractivity contribution < 1.29 is 41.1 Å². The number of carbonyl (C=O) groups is 4. The van der Waals surface area contributed by atoms with Crippen LogP contribution in [0.2, 0.25) is 0 Å². The van der Waals surface area contributed by atoms with E-state index in [-0.39, 0.29) is 43.5 Å². The first kappa shape index (κ1) is 31.8. The minimum atomic E-state index is -3.34. The molecule has 14 heteroatoms. The lowest BCUT2D eigenvalue weighted by Crippen LogP contribution is -2.64. The van der Waals surface area contributed by atoms with Crippen molar-refractivity contribution in [3.05, 3.63) is 29.6 Å². The average molecular weight is 662 g/mol. The number of hydrogen-bond donors (Lipinski definition) is 2. The number of nitrogens with zero attached hydrogens (tertiary/aromatic N) is 3. The minimum absolute atomic E-state index is 0.0202. The summed E-state index contributed by atoms with van der Waals surface area (Å²) in [6.07, 6.45) is -3.12. The van der Waals surface area contributed by atoms with Gasteiger partial charge in [-0.3, -0.25) is 19.2 Å². The number of nitriles is 1. The van der Waals surface area contributed by atoms with E-state index in [4.69, 9.17) is 0 Å². The van der Waals surface area contributed by atoms with Crippen LogP contribution in [0.15, 0.2) is 18.2 Å². The molecule has 4 amide bonds. The maximum absolute atomic E-state index is 15.3. The van der Waals surface area contributed by atoms with Crippen LogP contribution >= 0.6 is 0 Å². The number of benzene rings is 1. The van der Waals surface area contributed by atoms with Crippen LogP contribution in [0.25, 0.3) is 0 Å². The van der Waals surface area contributed by atoms with Gasteiger partial charge in [-0.1, -0.05) is 32.9 Å². The van der Waals surface area contributed by atoms with Crippen LogP contribution in [-0.2, 0) is 24.6 Å². The van der Waals surface area contributed by atoms with Gasteiger partial charge in [-0.2, -0.15) is 5.26 Å². The monoisotopic (exact) mass is 661 g/mol. The van der Waals surface area contributed by atoms with Gasteiger partial charge in [0.15, 0.2) is 5.67 Å². The van der Waals surface area contributed by atoms with E-state index >= 15 is 8.78 Å². The highest BCUT2D eigenvalue weighted by molar-refractivity contribution is 6.07. The van der Waals surface area contributed by atoms with E-state index in [1.807, 2.05) is 0 Å². The summed E-state index contributed by atoms with van der Waals surface area (Å²) in [5, 5.41) is 15.1. The van der Waals surface area contributed by atoms with E-state index in [0.29, 0.717) is 12.0 Å². The Bertz CT molecular complexity index is 1620. The number of alkyl halides is 4. The summed E-state index contributed by atoms with van der Waals surface area (Å²) >= 11 is 0.